The van der Waals surface area contributed by atoms with Gasteiger partial charge in [-0.2, -0.15) is 0 Å². The Kier molecular flexibility index (Phi) is 4.23. The van der Waals surface area contributed by atoms with Crippen molar-refractivity contribution >= 4 is 11.8 Å². The van der Waals surface area contributed by atoms with E-state index in [0.717, 1.165) is 5.57 Å². The van der Waals surface area contributed by atoms with Gasteiger partial charge in [0, 0.05) is 31.1 Å². The first-order valence-corrected chi connectivity index (χ1v) is 6.77. The van der Waals surface area contributed by atoms with Crippen molar-refractivity contribution in [3.8, 4) is 0 Å². The van der Waals surface area contributed by atoms with Crippen LogP contribution in [0.2, 0.25) is 0 Å². The van der Waals surface area contributed by atoms with Crippen molar-refractivity contribution in [1.82, 2.24) is 0 Å². The fourth-order valence-corrected chi connectivity index (χ4v) is 2.72. The quantitative estimate of drug-likeness (QED) is 0.690. The number of rotatable bonds is 1. The molecule has 2 aliphatic rings. The SMILES string of the molecule is C=C1C=CC(OC)C(C)CC(=O)C2=C(C)C(=O)OC2C1. The molecule has 0 aromatic carbocycles. The first kappa shape index (κ1) is 14.7. The van der Waals surface area contributed by atoms with Crippen molar-refractivity contribution in [3.63, 3.8) is 0 Å². The number of methoxy groups -OCH3 is 1. The van der Waals surface area contributed by atoms with Gasteiger partial charge in [-0.3, -0.25) is 4.79 Å². The summed E-state index contributed by atoms with van der Waals surface area (Å²) in [5.41, 5.74) is 1.76. The zero-order valence-corrected chi connectivity index (χ0v) is 12.1. The zero-order valence-electron chi connectivity index (χ0n) is 12.1. The summed E-state index contributed by atoms with van der Waals surface area (Å²) in [6, 6.07) is 0. The van der Waals surface area contributed by atoms with E-state index in [1.165, 1.54) is 0 Å². The highest BCUT2D eigenvalue weighted by atomic mass is 16.5. The summed E-state index contributed by atoms with van der Waals surface area (Å²) in [6.07, 6.45) is 3.98. The molecular weight excluding hydrogens is 256 g/mol. The number of fused-ring (bicyclic) bond motifs is 1. The van der Waals surface area contributed by atoms with Crippen molar-refractivity contribution in [2.24, 2.45) is 5.92 Å². The third kappa shape index (κ3) is 2.75. The number of carbonyl (C=O) groups excluding carboxylic acids is 2. The molecule has 0 bridgehead atoms. The van der Waals surface area contributed by atoms with Crippen LogP contribution in [0.15, 0.2) is 35.5 Å². The smallest absolute Gasteiger partial charge is 0.334 e. The molecule has 0 saturated heterocycles. The summed E-state index contributed by atoms with van der Waals surface area (Å²) in [6.45, 7) is 7.56. The minimum atomic E-state index is -0.488. The second kappa shape index (κ2) is 5.75. The van der Waals surface area contributed by atoms with Gasteiger partial charge in [0.15, 0.2) is 5.78 Å². The maximum absolute atomic E-state index is 12.4. The predicted molar refractivity (Wildman–Crippen MR) is 75.1 cm³/mol. The Morgan fingerprint density at radius 1 is 1.35 bits per heavy atom. The van der Waals surface area contributed by atoms with E-state index >= 15 is 0 Å². The molecule has 0 amide bonds. The average molecular weight is 276 g/mol. The largest absolute Gasteiger partial charge is 0.454 e. The van der Waals surface area contributed by atoms with Gasteiger partial charge in [0.1, 0.15) is 6.10 Å². The van der Waals surface area contributed by atoms with Crippen LogP contribution in [-0.2, 0) is 19.1 Å². The maximum atomic E-state index is 12.4. The van der Waals surface area contributed by atoms with Gasteiger partial charge >= 0.3 is 5.97 Å². The zero-order chi connectivity index (χ0) is 14.9. The molecule has 0 spiro atoms. The summed E-state index contributed by atoms with van der Waals surface area (Å²) < 4.78 is 10.7. The lowest BCUT2D eigenvalue weighted by atomic mass is 9.88. The van der Waals surface area contributed by atoms with Crippen LogP contribution >= 0.6 is 0 Å². The van der Waals surface area contributed by atoms with Crippen LogP contribution in [0.25, 0.3) is 0 Å². The van der Waals surface area contributed by atoms with Crippen LogP contribution in [0.4, 0.5) is 0 Å². The Labute approximate surface area is 119 Å². The molecule has 0 aromatic rings. The van der Waals surface area contributed by atoms with Gasteiger partial charge in [-0.1, -0.05) is 31.2 Å². The summed E-state index contributed by atoms with van der Waals surface area (Å²) in [7, 11) is 1.63. The summed E-state index contributed by atoms with van der Waals surface area (Å²) in [4.78, 5) is 24.1. The van der Waals surface area contributed by atoms with Gasteiger partial charge in [0.25, 0.3) is 0 Å². The lowest BCUT2D eigenvalue weighted by molar-refractivity contribution is -0.139. The van der Waals surface area contributed by atoms with Crippen LogP contribution in [0.5, 0.6) is 0 Å². The molecule has 4 heteroatoms. The van der Waals surface area contributed by atoms with Gasteiger partial charge in [0.05, 0.1) is 6.10 Å². The van der Waals surface area contributed by atoms with Crippen LogP contribution in [-0.4, -0.2) is 31.1 Å². The molecule has 0 N–H and O–H groups in total. The third-order valence-corrected chi connectivity index (χ3v) is 3.89. The number of Topliss-reactive ketones (excluding diaryl/α,β-unsaturated/α-hetero) is 1. The lowest BCUT2D eigenvalue weighted by Crippen LogP contribution is -2.26. The maximum Gasteiger partial charge on any atom is 0.334 e. The van der Waals surface area contributed by atoms with E-state index in [-0.39, 0.29) is 17.8 Å². The van der Waals surface area contributed by atoms with Crippen molar-refractivity contribution < 1.29 is 19.1 Å². The highest BCUT2D eigenvalue weighted by molar-refractivity contribution is 6.07. The molecule has 0 aromatic heterocycles. The Bertz CT molecular complexity index is 513. The van der Waals surface area contributed by atoms with E-state index in [4.69, 9.17) is 9.47 Å². The van der Waals surface area contributed by atoms with Crippen LogP contribution in [0.1, 0.15) is 26.7 Å². The van der Waals surface area contributed by atoms with E-state index in [0.29, 0.717) is 24.0 Å². The monoisotopic (exact) mass is 276 g/mol. The van der Waals surface area contributed by atoms with Crippen LogP contribution in [0.3, 0.4) is 0 Å². The molecule has 3 unspecified atom stereocenters. The summed E-state index contributed by atoms with van der Waals surface area (Å²) >= 11 is 0. The van der Waals surface area contributed by atoms with Crippen molar-refractivity contribution in [1.29, 1.82) is 0 Å². The molecular formula is C16H20O4. The number of carbonyl (C=O) groups is 2. The molecule has 0 fully saturated rings. The molecule has 20 heavy (non-hydrogen) atoms. The minimum Gasteiger partial charge on any atom is -0.454 e. The number of ether oxygens (including phenoxy) is 2. The van der Waals surface area contributed by atoms with E-state index in [2.05, 4.69) is 6.58 Å². The molecule has 3 atom stereocenters. The molecule has 0 radical (unpaired) electrons. The van der Waals surface area contributed by atoms with Gasteiger partial charge in [0.2, 0.25) is 0 Å². The Hall–Kier alpha value is -1.68. The summed E-state index contributed by atoms with van der Waals surface area (Å²) in [5, 5.41) is 0. The number of esters is 1. The molecule has 0 saturated carbocycles. The average Bonchev–Trinajstić information content (AvgIpc) is 2.64. The van der Waals surface area contributed by atoms with Crippen LogP contribution in [0, 0.1) is 5.92 Å². The van der Waals surface area contributed by atoms with Crippen molar-refractivity contribution in [3.05, 3.63) is 35.5 Å². The molecule has 2 rings (SSSR count). The fourth-order valence-electron chi connectivity index (χ4n) is 2.72. The first-order valence-electron chi connectivity index (χ1n) is 6.77. The highest BCUT2D eigenvalue weighted by Gasteiger charge is 2.36. The first-order chi connectivity index (χ1) is 9.43. The molecule has 1 aliphatic heterocycles. The minimum absolute atomic E-state index is 0.0315. The van der Waals surface area contributed by atoms with Gasteiger partial charge < -0.3 is 9.47 Å². The molecule has 4 nitrogen and oxygen atoms in total. The van der Waals surface area contributed by atoms with Gasteiger partial charge in [-0.15, -0.1) is 0 Å². The number of allylic oxidation sites excluding steroid dienone is 1. The molecule has 1 heterocycles. The normalized spacial score (nSPS) is 31.4. The van der Waals surface area contributed by atoms with Crippen molar-refractivity contribution in [2.75, 3.05) is 7.11 Å². The van der Waals surface area contributed by atoms with E-state index < -0.39 is 12.1 Å². The second-order valence-electron chi connectivity index (χ2n) is 5.46. The second-order valence-corrected chi connectivity index (χ2v) is 5.46. The highest BCUT2D eigenvalue weighted by Crippen LogP contribution is 2.31. The van der Waals surface area contributed by atoms with Gasteiger partial charge in [-0.25, -0.2) is 4.79 Å². The third-order valence-electron chi connectivity index (χ3n) is 3.89. The van der Waals surface area contributed by atoms with Crippen LogP contribution < -0.4 is 0 Å². The molecule has 108 valence electrons. The van der Waals surface area contributed by atoms with E-state index in [1.54, 1.807) is 14.0 Å². The van der Waals surface area contributed by atoms with E-state index in [1.807, 2.05) is 19.1 Å². The number of hydrogen-bond donors (Lipinski definition) is 0. The fraction of sp³-hybridized carbons (Fsp3) is 0.500. The Morgan fingerprint density at radius 2 is 2.05 bits per heavy atom. The van der Waals surface area contributed by atoms with Crippen molar-refractivity contribution in [2.45, 2.75) is 38.9 Å². The topological polar surface area (TPSA) is 52.6 Å². The number of hydrogen-bond acceptors (Lipinski definition) is 4. The standard InChI is InChI=1S/C16H20O4/c1-9-5-6-13(19-4)10(2)8-12(17)15-11(3)16(18)20-14(15)7-9/h5-6,10,13-14H,1,7-8H2,2-4H3. The Balaban J connectivity index is 2.38. The lowest BCUT2D eigenvalue weighted by Gasteiger charge is -2.22. The Morgan fingerprint density at radius 3 is 2.70 bits per heavy atom. The predicted octanol–water partition coefficient (Wildman–Crippen LogP) is 2.35. The number of ketones is 1. The van der Waals surface area contributed by atoms with Gasteiger partial charge in [-0.05, 0) is 12.8 Å². The molecule has 1 aliphatic carbocycles. The van der Waals surface area contributed by atoms with E-state index in [9.17, 15) is 9.59 Å². The summed E-state index contributed by atoms with van der Waals surface area (Å²) in [5.74, 6) is -0.396.